The fraction of sp³-hybridized carbons (Fsp3) is 0.562. The zero-order valence-corrected chi connectivity index (χ0v) is 11.8. The lowest BCUT2D eigenvalue weighted by Gasteiger charge is -2.25. The molecular formula is C16H22N2O2. The molecule has 2 N–H and O–H groups in total. The van der Waals surface area contributed by atoms with Gasteiger partial charge in [-0.25, -0.2) is 0 Å². The van der Waals surface area contributed by atoms with Crippen molar-refractivity contribution in [2.45, 2.75) is 44.3 Å². The minimum atomic E-state index is -0.310. The van der Waals surface area contributed by atoms with Crippen LogP contribution in [0.15, 0.2) is 24.3 Å². The lowest BCUT2D eigenvalue weighted by Crippen LogP contribution is -2.40. The van der Waals surface area contributed by atoms with Crippen LogP contribution in [0.1, 0.15) is 31.2 Å². The molecule has 0 radical (unpaired) electrons. The third-order valence-corrected chi connectivity index (χ3v) is 4.27. The van der Waals surface area contributed by atoms with E-state index < -0.39 is 0 Å². The van der Waals surface area contributed by atoms with Gasteiger partial charge in [0.2, 0.25) is 0 Å². The lowest BCUT2D eigenvalue weighted by atomic mass is 10.1. The third-order valence-electron chi connectivity index (χ3n) is 4.27. The van der Waals surface area contributed by atoms with Crippen LogP contribution in [0.25, 0.3) is 0 Å². The van der Waals surface area contributed by atoms with Gasteiger partial charge in [-0.3, -0.25) is 4.79 Å². The van der Waals surface area contributed by atoms with Gasteiger partial charge in [0.15, 0.2) is 0 Å². The van der Waals surface area contributed by atoms with E-state index in [0.29, 0.717) is 6.54 Å². The number of hydrogen-bond donors (Lipinski definition) is 1. The number of carbonyl (C=O) groups is 1. The summed E-state index contributed by atoms with van der Waals surface area (Å²) < 4.78 is 5.77. The lowest BCUT2D eigenvalue weighted by molar-refractivity contribution is -0.129. The topological polar surface area (TPSA) is 55.6 Å². The fourth-order valence-electron chi connectivity index (χ4n) is 3.15. The number of hydrogen-bond acceptors (Lipinski definition) is 3. The van der Waals surface area contributed by atoms with Crippen LogP contribution in [0.5, 0.6) is 0 Å². The number of nitrogens with two attached hydrogens (primary N) is 1. The molecule has 1 amide bonds. The SMILES string of the molecule is NCC1CCC(C(=O)N2CCCCc3ccccc32)O1. The van der Waals surface area contributed by atoms with E-state index >= 15 is 0 Å². The Hall–Kier alpha value is -1.39. The maximum atomic E-state index is 12.7. The number of para-hydroxylation sites is 1. The minimum Gasteiger partial charge on any atom is -0.364 e. The van der Waals surface area contributed by atoms with Gasteiger partial charge in [0.1, 0.15) is 6.10 Å². The summed E-state index contributed by atoms with van der Waals surface area (Å²) in [6.07, 6.45) is 4.66. The predicted octanol–water partition coefficient (Wildman–Crippen LogP) is 1.86. The average molecular weight is 274 g/mol. The maximum absolute atomic E-state index is 12.7. The predicted molar refractivity (Wildman–Crippen MR) is 78.7 cm³/mol. The summed E-state index contributed by atoms with van der Waals surface area (Å²) in [5.74, 6) is 0.107. The number of aryl methyl sites for hydroxylation is 1. The van der Waals surface area contributed by atoms with Crippen molar-refractivity contribution in [2.75, 3.05) is 18.0 Å². The Balaban J connectivity index is 1.81. The minimum absolute atomic E-state index is 0.0474. The van der Waals surface area contributed by atoms with Crippen molar-refractivity contribution in [3.05, 3.63) is 29.8 Å². The van der Waals surface area contributed by atoms with Gasteiger partial charge >= 0.3 is 0 Å². The van der Waals surface area contributed by atoms with Gasteiger partial charge in [-0.1, -0.05) is 18.2 Å². The van der Waals surface area contributed by atoms with Crippen LogP contribution in [0.3, 0.4) is 0 Å². The Kier molecular flexibility index (Phi) is 4.03. The molecule has 2 aliphatic rings. The van der Waals surface area contributed by atoms with Gasteiger partial charge in [0.05, 0.1) is 6.10 Å². The number of fused-ring (bicyclic) bond motifs is 1. The number of rotatable bonds is 2. The largest absolute Gasteiger partial charge is 0.364 e. The molecule has 0 spiro atoms. The van der Waals surface area contributed by atoms with Gasteiger partial charge in [0.25, 0.3) is 5.91 Å². The van der Waals surface area contributed by atoms with E-state index in [0.717, 1.165) is 44.3 Å². The van der Waals surface area contributed by atoms with Crippen molar-refractivity contribution in [1.82, 2.24) is 0 Å². The number of carbonyl (C=O) groups excluding carboxylic acids is 1. The Morgan fingerprint density at radius 3 is 2.95 bits per heavy atom. The Morgan fingerprint density at radius 2 is 2.15 bits per heavy atom. The zero-order chi connectivity index (χ0) is 13.9. The van der Waals surface area contributed by atoms with Gasteiger partial charge in [0, 0.05) is 18.8 Å². The second-order valence-electron chi connectivity index (χ2n) is 5.64. The summed E-state index contributed by atoms with van der Waals surface area (Å²) in [5, 5.41) is 0. The molecular weight excluding hydrogens is 252 g/mol. The molecule has 0 aliphatic carbocycles. The van der Waals surface area contributed by atoms with Crippen molar-refractivity contribution in [3.8, 4) is 0 Å². The number of anilines is 1. The van der Waals surface area contributed by atoms with Crippen LogP contribution < -0.4 is 10.6 Å². The third kappa shape index (κ3) is 2.58. The molecule has 1 saturated heterocycles. The standard InChI is InChI=1S/C16H22N2O2/c17-11-13-8-9-15(20-13)16(19)18-10-4-3-6-12-5-1-2-7-14(12)18/h1-2,5,7,13,15H,3-4,6,8-11,17H2. The van der Waals surface area contributed by atoms with Gasteiger partial charge in [-0.05, 0) is 43.7 Å². The Labute approximate surface area is 119 Å². The fourth-order valence-corrected chi connectivity index (χ4v) is 3.15. The van der Waals surface area contributed by atoms with Crippen molar-refractivity contribution < 1.29 is 9.53 Å². The molecule has 4 heteroatoms. The molecule has 1 fully saturated rings. The molecule has 1 aromatic rings. The van der Waals surface area contributed by atoms with E-state index in [2.05, 4.69) is 6.07 Å². The first-order valence-electron chi connectivity index (χ1n) is 7.54. The monoisotopic (exact) mass is 274 g/mol. The maximum Gasteiger partial charge on any atom is 0.256 e. The molecule has 4 nitrogen and oxygen atoms in total. The van der Waals surface area contributed by atoms with E-state index in [1.54, 1.807) is 0 Å². The second-order valence-corrected chi connectivity index (χ2v) is 5.64. The first kappa shape index (κ1) is 13.6. The van der Waals surface area contributed by atoms with Crippen molar-refractivity contribution in [1.29, 1.82) is 0 Å². The summed E-state index contributed by atoms with van der Waals surface area (Å²) >= 11 is 0. The molecule has 2 unspecified atom stereocenters. The van der Waals surface area contributed by atoms with Crippen molar-refractivity contribution in [3.63, 3.8) is 0 Å². The normalized spacial score (nSPS) is 26.1. The van der Waals surface area contributed by atoms with Gasteiger partial charge in [-0.2, -0.15) is 0 Å². The number of benzene rings is 1. The summed E-state index contributed by atoms with van der Waals surface area (Å²) in [7, 11) is 0. The van der Waals surface area contributed by atoms with Crippen molar-refractivity contribution >= 4 is 11.6 Å². The van der Waals surface area contributed by atoms with Crippen LogP contribution in [0.4, 0.5) is 5.69 Å². The van der Waals surface area contributed by atoms with Crippen LogP contribution >= 0.6 is 0 Å². The highest BCUT2D eigenvalue weighted by Crippen LogP contribution is 2.29. The molecule has 2 aliphatic heterocycles. The number of nitrogens with zero attached hydrogens (tertiary/aromatic N) is 1. The van der Waals surface area contributed by atoms with Crippen LogP contribution in [-0.2, 0) is 16.0 Å². The highest BCUT2D eigenvalue weighted by Gasteiger charge is 2.34. The molecule has 108 valence electrons. The van der Waals surface area contributed by atoms with E-state index in [9.17, 15) is 4.79 Å². The highest BCUT2D eigenvalue weighted by atomic mass is 16.5. The smallest absolute Gasteiger partial charge is 0.256 e. The van der Waals surface area contributed by atoms with E-state index in [1.165, 1.54) is 5.56 Å². The summed E-state index contributed by atoms with van der Waals surface area (Å²) in [6, 6.07) is 8.22. The van der Waals surface area contributed by atoms with Gasteiger partial charge in [-0.15, -0.1) is 0 Å². The van der Waals surface area contributed by atoms with E-state index in [4.69, 9.17) is 10.5 Å². The highest BCUT2D eigenvalue weighted by molar-refractivity contribution is 5.97. The van der Waals surface area contributed by atoms with Crippen molar-refractivity contribution in [2.24, 2.45) is 5.73 Å². The van der Waals surface area contributed by atoms with Crippen LogP contribution in [0.2, 0.25) is 0 Å². The summed E-state index contributed by atoms with van der Waals surface area (Å²) in [6.45, 7) is 1.30. The van der Waals surface area contributed by atoms with Crippen LogP contribution in [-0.4, -0.2) is 31.2 Å². The summed E-state index contributed by atoms with van der Waals surface area (Å²) in [4.78, 5) is 14.7. The molecule has 20 heavy (non-hydrogen) atoms. The van der Waals surface area contributed by atoms with Crippen LogP contribution in [0, 0.1) is 0 Å². The van der Waals surface area contributed by atoms with Gasteiger partial charge < -0.3 is 15.4 Å². The molecule has 2 heterocycles. The molecule has 0 bridgehead atoms. The first-order valence-corrected chi connectivity index (χ1v) is 7.54. The van der Waals surface area contributed by atoms with E-state index in [-0.39, 0.29) is 18.1 Å². The molecule has 1 aromatic carbocycles. The quantitative estimate of drug-likeness (QED) is 0.895. The molecule has 2 atom stereocenters. The first-order chi connectivity index (χ1) is 9.79. The average Bonchev–Trinajstić information content (AvgIpc) is 2.86. The molecule has 0 saturated carbocycles. The Bertz CT molecular complexity index is 489. The molecule has 0 aromatic heterocycles. The second kappa shape index (κ2) is 5.94. The molecule has 3 rings (SSSR count). The Morgan fingerprint density at radius 1 is 1.30 bits per heavy atom. The number of amides is 1. The summed E-state index contributed by atoms with van der Waals surface area (Å²) in [5.41, 5.74) is 7.96. The number of ether oxygens (including phenoxy) is 1. The zero-order valence-electron chi connectivity index (χ0n) is 11.8. The van der Waals surface area contributed by atoms with E-state index in [1.807, 2.05) is 23.1 Å².